The quantitative estimate of drug-likeness (QED) is 0.483. The first-order valence-electron chi connectivity index (χ1n) is 8.64. The molecule has 0 aliphatic carbocycles. The zero-order valence-electron chi connectivity index (χ0n) is 16.0. The van der Waals surface area contributed by atoms with Crippen LogP contribution in [0.15, 0.2) is 64.8 Å². The van der Waals surface area contributed by atoms with Gasteiger partial charge in [0.05, 0.1) is 30.1 Å². The maximum atomic E-state index is 12.5. The van der Waals surface area contributed by atoms with Crippen molar-refractivity contribution in [1.82, 2.24) is 5.32 Å². The van der Waals surface area contributed by atoms with Crippen LogP contribution >= 0.6 is 7.60 Å². The van der Waals surface area contributed by atoms with E-state index in [4.69, 9.17) is 9.26 Å². The SMILES string of the molecule is COC(C)C(COP(C)(=O)O)NC(=O)c1ccc(N=Nc2ccccc2)cc1. The van der Waals surface area contributed by atoms with E-state index >= 15 is 0 Å². The molecule has 3 atom stereocenters. The first-order chi connectivity index (χ1) is 13.3. The van der Waals surface area contributed by atoms with Crippen molar-refractivity contribution in [3.05, 3.63) is 60.2 Å². The summed E-state index contributed by atoms with van der Waals surface area (Å²) in [7, 11) is -2.17. The smallest absolute Gasteiger partial charge is 0.325 e. The summed E-state index contributed by atoms with van der Waals surface area (Å²) >= 11 is 0. The lowest BCUT2D eigenvalue weighted by molar-refractivity contribution is 0.0546. The molecule has 0 fully saturated rings. The van der Waals surface area contributed by atoms with Crippen molar-refractivity contribution in [1.29, 1.82) is 0 Å². The van der Waals surface area contributed by atoms with Gasteiger partial charge in [0.2, 0.25) is 0 Å². The molecular formula is C19H24N3O5P. The standard InChI is InChI=1S/C19H24N3O5P/c1-14(26-2)18(13-27-28(3,24)25)20-19(23)15-9-11-17(12-10-15)22-21-16-7-5-4-6-8-16/h4-12,14,18H,13H2,1-3H3,(H,20,23)(H,24,25). The highest BCUT2D eigenvalue weighted by Gasteiger charge is 2.23. The minimum atomic E-state index is -3.65. The number of azo groups is 1. The Balaban J connectivity index is 2.01. The monoisotopic (exact) mass is 405 g/mol. The second kappa shape index (κ2) is 10.2. The molecule has 0 spiro atoms. The lowest BCUT2D eigenvalue weighted by atomic mass is 10.1. The first-order valence-corrected chi connectivity index (χ1v) is 10.7. The second-order valence-corrected chi connectivity index (χ2v) is 8.07. The van der Waals surface area contributed by atoms with E-state index in [1.165, 1.54) is 7.11 Å². The average molecular weight is 405 g/mol. The van der Waals surface area contributed by atoms with E-state index in [0.29, 0.717) is 11.3 Å². The van der Waals surface area contributed by atoms with Crippen molar-refractivity contribution in [2.45, 2.75) is 19.1 Å². The minimum absolute atomic E-state index is 0.144. The molecule has 0 heterocycles. The molecule has 0 saturated carbocycles. The predicted molar refractivity (Wildman–Crippen MR) is 106 cm³/mol. The van der Waals surface area contributed by atoms with Crippen LogP contribution in [-0.2, 0) is 13.8 Å². The highest BCUT2D eigenvalue weighted by molar-refractivity contribution is 7.51. The second-order valence-electron chi connectivity index (χ2n) is 6.20. The van der Waals surface area contributed by atoms with Crippen LogP contribution in [0.25, 0.3) is 0 Å². The number of carbonyl (C=O) groups is 1. The van der Waals surface area contributed by atoms with Gasteiger partial charge in [0.15, 0.2) is 0 Å². The topological polar surface area (TPSA) is 110 Å². The van der Waals surface area contributed by atoms with Crippen LogP contribution in [0.3, 0.4) is 0 Å². The Morgan fingerprint density at radius 3 is 2.21 bits per heavy atom. The maximum Gasteiger partial charge on any atom is 0.325 e. The number of methoxy groups -OCH3 is 1. The van der Waals surface area contributed by atoms with E-state index < -0.39 is 19.7 Å². The number of nitrogens with zero attached hydrogens (tertiary/aromatic N) is 2. The number of amides is 1. The largest absolute Gasteiger partial charge is 0.380 e. The Morgan fingerprint density at radius 1 is 1.11 bits per heavy atom. The van der Waals surface area contributed by atoms with E-state index in [1.54, 1.807) is 31.2 Å². The zero-order chi connectivity index (χ0) is 20.6. The molecular weight excluding hydrogens is 381 g/mol. The molecule has 9 heteroatoms. The third-order valence-electron chi connectivity index (χ3n) is 3.92. The van der Waals surface area contributed by atoms with Crippen molar-refractivity contribution in [3.8, 4) is 0 Å². The predicted octanol–water partition coefficient (Wildman–Crippen LogP) is 4.07. The van der Waals surface area contributed by atoms with Crippen LogP contribution < -0.4 is 5.32 Å². The summed E-state index contributed by atoms with van der Waals surface area (Å²) in [6.07, 6.45) is -0.408. The summed E-state index contributed by atoms with van der Waals surface area (Å²) in [6, 6.07) is 15.3. The Labute approximate surface area is 164 Å². The molecule has 0 radical (unpaired) electrons. The molecule has 8 nitrogen and oxygen atoms in total. The van der Waals surface area contributed by atoms with Crippen LogP contribution in [0, 0.1) is 0 Å². The van der Waals surface area contributed by atoms with Gasteiger partial charge in [-0.1, -0.05) is 18.2 Å². The Morgan fingerprint density at radius 2 is 1.68 bits per heavy atom. The Bertz CT molecular complexity index is 836. The molecule has 0 aromatic heterocycles. The molecule has 1 amide bonds. The lowest BCUT2D eigenvalue weighted by Crippen LogP contribution is -2.45. The number of hydrogen-bond donors (Lipinski definition) is 2. The molecule has 0 aliphatic heterocycles. The molecule has 0 aliphatic rings. The van der Waals surface area contributed by atoms with E-state index in [2.05, 4.69) is 15.5 Å². The molecule has 2 aromatic carbocycles. The number of benzene rings is 2. The fraction of sp³-hybridized carbons (Fsp3) is 0.316. The van der Waals surface area contributed by atoms with Gasteiger partial charge < -0.3 is 19.5 Å². The highest BCUT2D eigenvalue weighted by atomic mass is 31.2. The number of carbonyl (C=O) groups excluding carboxylic acids is 1. The van der Waals surface area contributed by atoms with Crippen molar-refractivity contribution >= 4 is 24.9 Å². The summed E-state index contributed by atoms with van der Waals surface area (Å²) < 4.78 is 21.5. The zero-order valence-corrected chi connectivity index (χ0v) is 16.9. The van der Waals surface area contributed by atoms with Crippen molar-refractivity contribution < 1.29 is 23.5 Å². The van der Waals surface area contributed by atoms with E-state index in [1.807, 2.05) is 30.3 Å². The Hall–Kier alpha value is -2.38. The Kier molecular flexibility index (Phi) is 8.02. The number of hydrogen-bond acceptors (Lipinski definition) is 6. The van der Waals surface area contributed by atoms with Gasteiger partial charge in [0.25, 0.3) is 5.91 Å². The first kappa shape index (κ1) is 21.9. The van der Waals surface area contributed by atoms with Crippen LogP contribution in [0.1, 0.15) is 17.3 Å². The fourth-order valence-electron chi connectivity index (χ4n) is 2.22. The van der Waals surface area contributed by atoms with E-state index in [9.17, 15) is 14.3 Å². The molecule has 0 saturated heterocycles. The van der Waals surface area contributed by atoms with E-state index in [0.717, 1.165) is 12.4 Å². The summed E-state index contributed by atoms with van der Waals surface area (Å²) in [6.45, 7) is 2.68. The average Bonchev–Trinajstić information content (AvgIpc) is 2.69. The summed E-state index contributed by atoms with van der Waals surface area (Å²) in [4.78, 5) is 21.8. The summed E-state index contributed by atoms with van der Waals surface area (Å²) in [5.41, 5.74) is 1.76. The molecule has 28 heavy (non-hydrogen) atoms. The molecule has 3 unspecified atom stereocenters. The van der Waals surface area contributed by atoms with Crippen LogP contribution in [-0.4, -0.2) is 43.3 Å². The van der Waals surface area contributed by atoms with Gasteiger partial charge in [-0.15, -0.1) is 0 Å². The molecule has 0 bridgehead atoms. The van der Waals surface area contributed by atoms with Crippen molar-refractivity contribution in [3.63, 3.8) is 0 Å². The maximum absolute atomic E-state index is 12.5. The number of ether oxygens (including phenoxy) is 1. The fourth-order valence-corrected chi connectivity index (χ4v) is 2.66. The van der Waals surface area contributed by atoms with Gasteiger partial charge in [-0.2, -0.15) is 10.2 Å². The molecule has 2 N–H and O–H groups in total. The van der Waals surface area contributed by atoms with Crippen molar-refractivity contribution in [2.75, 3.05) is 20.4 Å². The van der Waals surface area contributed by atoms with Gasteiger partial charge in [0.1, 0.15) is 0 Å². The number of rotatable bonds is 9. The van der Waals surface area contributed by atoms with Gasteiger partial charge in [-0.25, -0.2) is 0 Å². The van der Waals surface area contributed by atoms with E-state index in [-0.39, 0.29) is 12.5 Å². The summed E-state index contributed by atoms with van der Waals surface area (Å²) in [5.74, 6) is -0.354. The third-order valence-corrected chi connectivity index (χ3v) is 4.54. The lowest BCUT2D eigenvalue weighted by Gasteiger charge is -2.24. The van der Waals surface area contributed by atoms with Crippen molar-refractivity contribution in [2.24, 2.45) is 10.2 Å². The van der Waals surface area contributed by atoms with Gasteiger partial charge in [-0.3, -0.25) is 9.36 Å². The minimum Gasteiger partial charge on any atom is -0.380 e. The van der Waals surface area contributed by atoms with Crippen LogP contribution in [0.4, 0.5) is 11.4 Å². The molecule has 150 valence electrons. The van der Waals surface area contributed by atoms with Crippen LogP contribution in [0.5, 0.6) is 0 Å². The molecule has 2 rings (SSSR count). The molecule has 2 aromatic rings. The normalized spacial score (nSPS) is 15.7. The highest BCUT2D eigenvalue weighted by Crippen LogP contribution is 2.36. The van der Waals surface area contributed by atoms with Gasteiger partial charge >= 0.3 is 7.60 Å². The summed E-state index contributed by atoms with van der Waals surface area (Å²) in [5, 5.41) is 11.0. The van der Waals surface area contributed by atoms with Crippen LogP contribution in [0.2, 0.25) is 0 Å². The van der Waals surface area contributed by atoms with Gasteiger partial charge in [0, 0.05) is 19.3 Å². The number of nitrogens with one attached hydrogen (secondary N) is 1. The third kappa shape index (κ3) is 7.32. The van der Waals surface area contributed by atoms with Gasteiger partial charge in [-0.05, 0) is 43.3 Å².